The highest BCUT2D eigenvalue weighted by molar-refractivity contribution is 7.89. The van der Waals surface area contributed by atoms with Crippen molar-refractivity contribution in [2.75, 3.05) is 14.2 Å². The molecule has 0 spiro atoms. The zero-order chi connectivity index (χ0) is 21.7. The number of hydrogen-bond acceptors (Lipinski definition) is 4. The van der Waals surface area contributed by atoms with Crippen LogP contribution >= 0.6 is 0 Å². The summed E-state index contributed by atoms with van der Waals surface area (Å²) in [5, 5.41) is 1.92. The molecule has 0 saturated heterocycles. The predicted octanol–water partition coefficient (Wildman–Crippen LogP) is 3.04. The first-order valence-electron chi connectivity index (χ1n) is 8.30. The molecule has 156 valence electrons. The summed E-state index contributed by atoms with van der Waals surface area (Å²) < 4.78 is 71.2. The van der Waals surface area contributed by atoms with Crippen LogP contribution in [-0.4, -0.2) is 34.7 Å². The van der Waals surface area contributed by atoms with Crippen LogP contribution in [0.1, 0.15) is 17.2 Å². The lowest BCUT2D eigenvalue weighted by molar-refractivity contribution is -0.162. The summed E-state index contributed by atoms with van der Waals surface area (Å²) in [5.74, 6) is -0.896. The largest absolute Gasteiger partial charge is 0.495 e. The average molecular weight is 428 g/mol. The zero-order valence-electron chi connectivity index (χ0n) is 15.5. The van der Waals surface area contributed by atoms with E-state index in [4.69, 9.17) is 4.74 Å². The van der Waals surface area contributed by atoms with Gasteiger partial charge in [-0.25, -0.2) is 13.1 Å². The number of sulfonamides is 1. The van der Waals surface area contributed by atoms with Crippen molar-refractivity contribution in [3.63, 3.8) is 0 Å². The van der Waals surface area contributed by atoms with Gasteiger partial charge in [-0.05, 0) is 36.4 Å². The van der Waals surface area contributed by atoms with Gasteiger partial charge in [-0.1, -0.05) is 36.4 Å². The van der Waals surface area contributed by atoms with E-state index >= 15 is 0 Å². The molecule has 1 amide bonds. The van der Waals surface area contributed by atoms with Gasteiger partial charge >= 0.3 is 6.18 Å². The summed E-state index contributed by atoms with van der Waals surface area (Å²) in [4.78, 5) is 11.9. The maximum atomic E-state index is 13.3. The van der Waals surface area contributed by atoms with Gasteiger partial charge in [0.25, 0.3) is 0 Å². The molecule has 0 aliphatic carbocycles. The number of nitrogens with one attached hydrogen (secondary N) is 2. The van der Waals surface area contributed by atoms with Crippen molar-refractivity contribution in [3.8, 4) is 5.75 Å². The van der Waals surface area contributed by atoms with E-state index in [1.165, 1.54) is 62.7 Å². The van der Waals surface area contributed by atoms with Gasteiger partial charge in [-0.3, -0.25) is 4.79 Å². The van der Waals surface area contributed by atoms with Crippen molar-refractivity contribution in [2.24, 2.45) is 0 Å². The van der Waals surface area contributed by atoms with Gasteiger partial charge < -0.3 is 10.1 Å². The first-order valence-corrected chi connectivity index (χ1v) is 9.78. The second-order valence-corrected chi connectivity index (χ2v) is 7.70. The number of amides is 1. The molecule has 0 saturated carbocycles. The number of ether oxygens (including phenoxy) is 1. The minimum atomic E-state index is -4.68. The lowest BCUT2D eigenvalue weighted by Gasteiger charge is -2.21. The molecule has 0 heterocycles. The molecule has 0 bridgehead atoms. The van der Waals surface area contributed by atoms with Crippen LogP contribution in [0.2, 0.25) is 0 Å². The number of carbonyl (C=O) groups excluding carboxylic acids is 1. The van der Waals surface area contributed by atoms with E-state index in [1.54, 1.807) is 6.07 Å². The number of carbonyl (C=O) groups is 1. The lowest BCUT2D eigenvalue weighted by atomic mass is 10.1. The first-order chi connectivity index (χ1) is 13.6. The van der Waals surface area contributed by atoms with Crippen LogP contribution in [0.4, 0.5) is 13.2 Å². The highest BCUT2D eigenvalue weighted by Crippen LogP contribution is 2.32. The SMILES string of the molecule is CNS(=O)(=O)c1cc(/C=C/C(=O)NC(c2ccccc2)C(F)(F)F)ccc1OC. The Hall–Kier alpha value is -2.85. The molecule has 29 heavy (non-hydrogen) atoms. The van der Waals surface area contributed by atoms with Crippen molar-refractivity contribution < 1.29 is 31.1 Å². The van der Waals surface area contributed by atoms with E-state index in [2.05, 4.69) is 4.72 Å². The van der Waals surface area contributed by atoms with Crippen LogP contribution in [0.5, 0.6) is 5.75 Å². The Morgan fingerprint density at radius 2 is 1.79 bits per heavy atom. The quantitative estimate of drug-likeness (QED) is 0.664. The highest BCUT2D eigenvalue weighted by atomic mass is 32.2. The van der Waals surface area contributed by atoms with Crippen molar-refractivity contribution >= 4 is 22.0 Å². The highest BCUT2D eigenvalue weighted by Gasteiger charge is 2.41. The molecule has 0 aliphatic heterocycles. The van der Waals surface area contributed by atoms with E-state index in [0.717, 1.165) is 6.08 Å². The van der Waals surface area contributed by atoms with Gasteiger partial charge in [-0.15, -0.1) is 0 Å². The third-order valence-electron chi connectivity index (χ3n) is 3.92. The maximum absolute atomic E-state index is 13.3. The van der Waals surface area contributed by atoms with E-state index < -0.39 is 28.1 Å². The number of methoxy groups -OCH3 is 1. The van der Waals surface area contributed by atoms with Crippen LogP contribution in [0.15, 0.2) is 59.5 Å². The molecule has 0 aromatic heterocycles. The van der Waals surface area contributed by atoms with E-state index in [9.17, 15) is 26.4 Å². The summed E-state index contributed by atoms with van der Waals surface area (Å²) in [6.07, 6.45) is -2.57. The molecule has 2 rings (SSSR count). The third-order valence-corrected chi connectivity index (χ3v) is 5.36. The third kappa shape index (κ3) is 5.81. The molecule has 2 N–H and O–H groups in total. The summed E-state index contributed by atoms with van der Waals surface area (Å²) in [7, 11) is -1.31. The molecule has 10 heteroatoms. The lowest BCUT2D eigenvalue weighted by Crippen LogP contribution is -2.37. The minimum Gasteiger partial charge on any atom is -0.495 e. The Bertz CT molecular complexity index is 990. The number of alkyl halides is 3. The van der Waals surface area contributed by atoms with Gasteiger partial charge in [0.2, 0.25) is 15.9 Å². The summed E-state index contributed by atoms with van der Waals surface area (Å²) in [5.41, 5.74) is 0.187. The number of benzene rings is 2. The van der Waals surface area contributed by atoms with Crippen molar-refractivity contribution in [1.82, 2.24) is 10.0 Å². The van der Waals surface area contributed by atoms with Crippen molar-refractivity contribution in [2.45, 2.75) is 17.1 Å². The average Bonchev–Trinajstić information content (AvgIpc) is 2.70. The Morgan fingerprint density at radius 3 is 2.34 bits per heavy atom. The fourth-order valence-electron chi connectivity index (χ4n) is 2.48. The van der Waals surface area contributed by atoms with Crippen molar-refractivity contribution in [1.29, 1.82) is 0 Å². The fourth-order valence-corrected chi connectivity index (χ4v) is 3.41. The molecule has 0 aliphatic rings. The summed E-state index contributed by atoms with van der Waals surface area (Å²) in [6.45, 7) is 0. The van der Waals surface area contributed by atoms with Crippen LogP contribution in [-0.2, 0) is 14.8 Å². The topological polar surface area (TPSA) is 84.5 Å². The maximum Gasteiger partial charge on any atom is 0.412 e. The standard InChI is InChI=1S/C19H19F3N2O4S/c1-23-29(26,27)16-12-13(8-10-15(16)28-2)9-11-17(25)24-18(19(20,21)22)14-6-4-3-5-7-14/h3-12,18,23H,1-2H3,(H,24,25)/b11-9+. The smallest absolute Gasteiger partial charge is 0.412 e. The Kier molecular flexibility index (Phi) is 7.04. The molecule has 0 fully saturated rings. The Labute approximate surface area is 166 Å². The summed E-state index contributed by atoms with van der Waals surface area (Å²) >= 11 is 0. The van der Waals surface area contributed by atoms with Crippen LogP contribution in [0.3, 0.4) is 0 Å². The molecular formula is C19H19F3N2O4S. The van der Waals surface area contributed by atoms with E-state index in [-0.39, 0.29) is 21.8 Å². The Morgan fingerprint density at radius 1 is 1.14 bits per heavy atom. The second kappa shape index (κ2) is 9.10. The molecule has 2 aromatic rings. The van der Waals surface area contributed by atoms with E-state index in [1.807, 2.05) is 5.32 Å². The number of halogens is 3. The van der Waals surface area contributed by atoms with Crippen LogP contribution in [0.25, 0.3) is 6.08 Å². The normalized spacial score (nSPS) is 13.3. The molecule has 2 aromatic carbocycles. The van der Waals surface area contributed by atoms with Gasteiger partial charge in [0, 0.05) is 6.08 Å². The molecule has 1 atom stereocenters. The Balaban J connectivity index is 2.25. The minimum absolute atomic E-state index is 0.0853. The van der Waals surface area contributed by atoms with Crippen molar-refractivity contribution in [3.05, 3.63) is 65.7 Å². The molecule has 6 nitrogen and oxygen atoms in total. The molecule has 0 radical (unpaired) electrons. The van der Waals surface area contributed by atoms with Gasteiger partial charge in [0.1, 0.15) is 10.6 Å². The molecular weight excluding hydrogens is 409 g/mol. The van der Waals surface area contributed by atoms with Gasteiger partial charge in [0.15, 0.2) is 6.04 Å². The van der Waals surface area contributed by atoms with Crippen LogP contribution < -0.4 is 14.8 Å². The van der Waals surface area contributed by atoms with Crippen LogP contribution in [0, 0.1) is 0 Å². The second-order valence-electron chi connectivity index (χ2n) is 5.85. The summed E-state index contributed by atoms with van der Waals surface area (Å²) in [6, 6.07) is 8.90. The number of rotatable bonds is 7. The zero-order valence-corrected chi connectivity index (χ0v) is 16.3. The molecule has 1 unspecified atom stereocenters. The number of hydrogen-bond donors (Lipinski definition) is 2. The van der Waals surface area contributed by atoms with Gasteiger partial charge in [-0.2, -0.15) is 13.2 Å². The fraction of sp³-hybridized carbons (Fsp3) is 0.211. The monoisotopic (exact) mass is 428 g/mol. The predicted molar refractivity (Wildman–Crippen MR) is 102 cm³/mol. The van der Waals surface area contributed by atoms with Gasteiger partial charge in [0.05, 0.1) is 7.11 Å². The first kappa shape index (κ1) is 22.4. The van der Waals surface area contributed by atoms with E-state index in [0.29, 0.717) is 0 Å².